The monoisotopic (exact) mass is 957 g/mol. The molecule has 66 heavy (non-hydrogen) atoms. The lowest BCUT2D eigenvalue weighted by Crippen LogP contribution is -2.38. The molecule has 0 bridgehead atoms. The van der Waals surface area contributed by atoms with Crippen LogP contribution in [0.15, 0.2) is 97.6 Å². The Bertz CT molecular complexity index is 2580. The van der Waals surface area contributed by atoms with Crippen LogP contribution < -0.4 is 29.9 Å². The Morgan fingerprint density at radius 1 is 0.667 bits per heavy atom. The first-order valence-corrected chi connectivity index (χ1v) is 20.6. The third-order valence-electron chi connectivity index (χ3n) is 10.3. The molecule has 348 valence electrons. The van der Waals surface area contributed by atoms with Crippen molar-refractivity contribution >= 4 is 58.0 Å². The van der Waals surface area contributed by atoms with E-state index in [0.717, 1.165) is 0 Å². The second-order valence-electron chi connectivity index (χ2n) is 15.2. The molecule has 4 atom stereocenters. The van der Waals surface area contributed by atoms with Crippen LogP contribution in [0.3, 0.4) is 0 Å². The Labute approximate surface area is 383 Å². The van der Waals surface area contributed by atoms with E-state index >= 15 is 0 Å². The maximum atomic E-state index is 12.9. The highest BCUT2D eigenvalue weighted by Gasteiger charge is 2.36. The lowest BCUT2D eigenvalue weighted by Gasteiger charge is -2.23. The van der Waals surface area contributed by atoms with Crippen molar-refractivity contribution in [3.8, 4) is 34.0 Å². The largest absolute Gasteiger partial charge is 0.487 e. The molecule has 2 saturated heterocycles. The van der Waals surface area contributed by atoms with Crippen LogP contribution in [0, 0.1) is 0 Å². The minimum atomic E-state index is -3.83. The van der Waals surface area contributed by atoms with Crippen LogP contribution in [0.5, 0.6) is 11.5 Å². The summed E-state index contributed by atoms with van der Waals surface area (Å²) in [5.41, 5.74) is -3.94. The fourth-order valence-corrected chi connectivity index (χ4v) is 7.33. The van der Waals surface area contributed by atoms with Crippen molar-refractivity contribution in [1.29, 1.82) is 0 Å². The molecule has 2 aliphatic rings. The van der Waals surface area contributed by atoms with E-state index in [1.54, 1.807) is 41.6 Å². The second-order valence-corrected chi connectivity index (χ2v) is 16.1. The minimum Gasteiger partial charge on any atom is -0.420 e. The summed E-state index contributed by atoms with van der Waals surface area (Å²) >= 11 is 9.50. The van der Waals surface area contributed by atoms with Gasteiger partial charge < -0.3 is 50.1 Å². The van der Waals surface area contributed by atoms with E-state index in [9.17, 15) is 42.5 Å². The first kappa shape index (κ1) is 47.4. The highest BCUT2D eigenvalue weighted by Crippen LogP contribution is 2.34. The van der Waals surface area contributed by atoms with Crippen molar-refractivity contribution in [2.45, 2.75) is 35.5 Å². The number of aromatic amines is 2. The van der Waals surface area contributed by atoms with E-state index in [-0.39, 0.29) is 41.8 Å². The normalized spacial score (nSPS) is 18.5. The van der Waals surface area contributed by atoms with Gasteiger partial charge in [-0.1, -0.05) is 0 Å². The van der Waals surface area contributed by atoms with Crippen LogP contribution in [0.4, 0.5) is 40.6 Å². The predicted molar refractivity (Wildman–Crippen MR) is 235 cm³/mol. The number of aromatic nitrogens is 6. The van der Waals surface area contributed by atoms with E-state index < -0.39 is 41.3 Å². The third kappa shape index (κ3) is 12.0. The van der Waals surface area contributed by atoms with Crippen molar-refractivity contribution in [3.63, 3.8) is 0 Å². The number of ether oxygens (including phenoxy) is 2. The molecular formula is C42H41Cl2F4N11O7. The number of aliphatic hydroxyl groups is 3. The summed E-state index contributed by atoms with van der Waals surface area (Å²) in [7, 11) is 3.82. The fraction of sp³-hybridized carbons (Fsp3) is 0.286. The maximum absolute atomic E-state index is 12.9. The molecule has 2 amide bonds. The number of likely N-dealkylation sites (N-methyl/N-ethyl adjacent to an activating group) is 1. The molecule has 0 unspecified atom stereocenters. The van der Waals surface area contributed by atoms with Crippen LogP contribution >= 0.6 is 23.2 Å². The number of alkyl halides is 6. The molecule has 0 radical (unpaired) electrons. The van der Waals surface area contributed by atoms with Crippen molar-refractivity contribution < 1.29 is 51.9 Å². The Morgan fingerprint density at radius 2 is 1.06 bits per heavy atom. The Kier molecular flexibility index (Phi) is 14.3. The quantitative estimate of drug-likeness (QED) is 0.0566. The van der Waals surface area contributed by atoms with Crippen LogP contribution in [-0.2, 0) is 0 Å². The number of hydrogen-bond acceptors (Lipinski definition) is 14. The molecule has 0 aliphatic carbocycles. The summed E-state index contributed by atoms with van der Waals surface area (Å²) < 4.78 is 59.5. The summed E-state index contributed by atoms with van der Waals surface area (Å²) in [4.78, 5) is 40.2. The standard InChI is InChI=1S/C22H23ClF2N6O3.C20H18ClF2N5O4/c1-30(2)18-11-31(12-19(18)32)20-16(17-7-8-27-29-17)9-13(10-26-20)21(33)28-14-3-5-15(6-4-14)34-22(23,24)25;21-20(22,23)32-13-3-1-12(2-4-13)26-19(31)11-7-14(15-5-6-25-27-15)18(24-8-11)28-9-16(29)17(30)10-28/h3-10,18-19,32H,11-12H2,1-2H3,(H,27,29)(H,28,33);1-8,16-17,29-30H,9-10H2,(H,25,27)(H,26,31)/t18-,19-;16-,17-/m00/s1. The zero-order chi connectivity index (χ0) is 47.3. The van der Waals surface area contributed by atoms with Gasteiger partial charge in [0, 0.05) is 96.7 Å². The average molecular weight is 959 g/mol. The van der Waals surface area contributed by atoms with Gasteiger partial charge in [-0.05, 0) is 86.9 Å². The second kappa shape index (κ2) is 19.9. The Balaban J connectivity index is 0.000000197. The molecule has 2 fully saturated rings. The van der Waals surface area contributed by atoms with Crippen LogP contribution in [0.1, 0.15) is 20.7 Å². The summed E-state index contributed by atoms with van der Waals surface area (Å²) in [6.07, 6.45) is 3.62. The summed E-state index contributed by atoms with van der Waals surface area (Å²) in [5.74, 6) is -0.135. The Hall–Kier alpha value is -6.56. The third-order valence-corrected chi connectivity index (χ3v) is 10.5. The molecule has 0 spiro atoms. The first-order valence-electron chi connectivity index (χ1n) is 19.8. The average Bonchev–Trinajstić information content (AvgIpc) is 4.11. The zero-order valence-electron chi connectivity index (χ0n) is 34.7. The maximum Gasteiger partial charge on any atom is 0.487 e. The van der Waals surface area contributed by atoms with Crippen molar-refractivity contribution in [3.05, 3.63) is 109 Å². The lowest BCUT2D eigenvalue weighted by atomic mass is 10.1. The van der Waals surface area contributed by atoms with Crippen LogP contribution in [0.2, 0.25) is 0 Å². The molecule has 6 aromatic rings. The van der Waals surface area contributed by atoms with Gasteiger partial charge in [-0.3, -0.25) is 19.8 Å². The van der Waals surface area contributed by atoms with Gasteiger partial charge in [-0.2, -0.15) is 10.2 Å². The molecule has 18 nitrogen and oxygen atoms in total. The molecule has 24 heteroatoms. The number of hydrogen-bond donors (Lipinski definition) is 7. The number of H-pyrrole nitrogens is 2. The van der Waals surface area contributed by atoms with Crippen molar-refractivity contribution in [2.75, 3.05) is 60.7 Å². The molecular weight excluding hydrogens is 917 g/mol. The number of benzene rings is 2. The van der Waals surface area contributed by atoms with Gasteiger partial charge in [-0.25, -0.2) is 9.97 Å². The summed E-state index contributed by atoms with van der Waals surface area (Å²) in [6.45, 7) is 1.36. The number of anilines is 4. The summed E-state index contributed by atoms with van der Waals surface area (Å²) in [6, 6.07) is 17.3. The van der Waals surface area contributed by atoms with Gasteiger partial charge >= 0.3 is 11.1 Å². The van der Waals surface area contributed by atoms with E-state index in [1.165, 1.54) is 60.9 Å². The zero-order valence-corrected chi connectivity index (χ0v) is 36.3. The molecule has 6 heterocycles. The molecule has 0 saturated carbocycles. The van der Waals surface area contributed by atoms with E-state index in [4.69, 9.17) is 23.2 Å². The van der Waals surface area contributed by atoms with Gasteiger partial charge in [0.25, 0.3) is 11.8 Å². The van der Waals surface area contributed by atoms with Crippen LogP contribution in [-0.4, -0.2) is 138 Å². The molecule has 4 aromatic heterocycles. The van der Waals surface area contributed by atoms with Gasteiger partial charge in [0.2, 0.25) is 0 Å². The van der Waals surface area contributed by atoms with Gasteiger partial charge in [0.05, 0.1) is 46.9 Å². The number of rotatable bonds is 13. The first-order chi connectivity index (χ1) is 31.3. The summed E-state index contributed by atoms with van der Waals surface area (Å²) in [5, 5.41) is 49.2. The van der Waals surface area contributed by atoms with Crippen molar-refractivity contribution in [2.24, 2.45) is 0 Å². The van der Waals surface area contributed by atoms with Gasteiger partial charge in [-0.15, -0.1) is 17.6 Å². The number of aliphatic hydroxyl groups excluding tert-OH is 3. The Morgan fingerprint density at radius 3 is 1.41 bits per heavy atom. The number of nitrogens with one attached hydrogen (secondary N) is 4. The molecule has 7 N–H and O–H groups in total. The highest BCUT2D eigenvalue weighted by molar-refractivity contribution is 6.21. The number of β-amino-alcohol motifs (C(OH)–C–C–N with tert-alkyl or cyclic N) is 3. The van der Waals surface area contributed by atoms with E-state index in [1.807, 2.05) is 23.9 Å². The van der Waals surface area contributed by atoms with Crippen LogP contribution in [0.25, 0.3) is 22.5 Å². The van der Waals surface area contributed by atoms with Gasteiger partial charge in [0.15, 0.2) is 0 Å². The predicted octanol–water partition coefficient (Wildman–Crippen LogP) is 5.44. The topological polar surface area (TPSA) is 230 Å². The van der Waals surface area contributed by atoms with Gasteiger partial charge in [0.1, 0.15) is 23.1 Å². The fourth-order valence-electron chi connectivity index (χ4n) is 7.15. The number of halogens is 6. The minimum absolute atomic E-state index is 0.0508. The van der Waals surface area contributed by atoms with Crippen molar-refractivity contribution in [1.82, 2.24) is 35.3 Å². The van der Waals surface area contributed by atoms with E-state index in [2.05, 4.69) is 50.5 Å². The molecule has 2 aromatic carbocycles. The van der Waals surface area contributed by atoms with E-state index in [0.29, 0.717) is 58.6 Å². The highest BCUT2D eigenvalue weighted by atomic mass is 35.5. The number of nitrogens with zero attached hydrogens (tertiary/aromatic N) is 7. The number of amides is 2. The smallest absolute Gasteiger partial charge is 0.420 e. The number of carbonyl (C=O) groups excluding carboxylic acids is 2. The SMILES string of the molecule is CN(C)[C@H]1CN(c2ncc(C(=O)Nc3ccc(OC(F)(F)Cl)cc3)cc2-c2ccn[nH]2)C[C@@H]1O.O=C(Nc1ccc(OC(F)(F)Cl)cc1)c1cnc(N2C[C@H](O)[C@@H](O)C2)c(-c2ccn[nH]2)c1. The number of carbonyl (C=O) groups is 2. The molecule has 2 aliphatic heterocycles. The molecule has 8 rings (SSSR count). The number of pyridine rings is 2. The lowest BCUT2D eigenvalue weighted by molar-refractivity contribution is -0.0972.